The first kappa shape index (κ1) is 13.9. The fourth-order valence-electron chi connectivity index (χ4n) is 2.16. The maximum Gasteiger partial charge on any atom is 0.416 e. The van der Waals surface area contributed by atoms with E-state index in [1.807, 2.05) is 0 Å². The first-order valence-electron chi connectivity index (χ1n) is 6.06. The van der Waals surface area contributed by atoms with Gasteiger partial charge in [-0.1, -0.05) is 12.1 Å². The lowest BCUT2D eigenvalue weighted by Crippen LogP contribution is -2.33. The Labute approximate surface area is 109 Å². The molecule has 1 fully saturated rings. The largest absolute Gasteiger partial charge is 0.416 e. The van der Waals surface area contributed by atoms with Crippen molar-refractivity contribution in [3.8, 4) is 0 Å². The SMILES string of the molecule is CC(NC1CNC(=O)C1)c1cccc(C(F)(F)F)c1. The Kier molecular flexibility index (Phi) is 3.80. The number of halogens is 3. The fourth-order valence-corrected chi connectivity index (χ4v) is 2.16. The molecule has 0 aromatic heterocycles. The van der Waals surface area contributed by atoms with Crippen molar-refractivity contribution in [3.05, 3.63) is 35.4 Å². The third-order valence-electron chi connectivity index (χ3n) is 3.18. The summed E-state index contributed by atoms with van der Waals surface area (Å²) >= 11 is 0. The van der Waals surface area contributed by atoms with Crippen LogP contribution in [0.3, 0.4) is 0 Å². The molecule has 1 aliphatic heterocycles. The van der Waals surface area contributed by atoms with Gasteiger partial charge in [-0.3, -0.25) is 4.79 Å². The summed E-state index contributed by atoms with van der Waals surface area (Å²) in [6, 6.07) is 4.97. The molecule has 1 heterocycles. The van der Waals surface area contributed by atoms with E-state index in [9.17, 15) is 18.0 Å². The molecule has 2 atom stereocenters. The molecule has 3 nitrogen and oxygen atoms in total. The third kappa shape index (κ3) is 3.47. The lowest BCUT2D eigenvalue weighted by Gasteiger charge is -2.19. The van der Waals surface area contributed by atoms with E-state index in [4.69, 9.17) is 0 Å². The minimum Gasteiger partial charge on any atom is -0.354 e. The number of carbonyl (C=O) groups is 1. The molecular formula is C13H15F3N2O. The van der Waals surface area contributed by atoms with E-state index in [0.717, 1.165) is 12.1 Å². The highest BCUT2D eigenvalue weighted by Crippen LogP contribution is 2.30. The highest BCUT2D eigenvalue weighted by molar-refractivity contribution is 5.78. The van der Waals surface area contributed by atoms with E-state index in [-0.39, 0.29) is 18.0 Å². The Morgan fingerprint density at radius 3 is 2.74 bits per heavy atom. The highest BCUT2D eigenvalue weighted by Gasteiger charge is 2.31. The molecule has 19 heavy (non-hydrogen) atoms. The van der Waals surface area contributed by atoms with Crippen LogP contribution in [-0.4, -0.2) is 18.5 Å². The molecule has 0 bridgehead atoms. The van der Waals surface area contributed by atoms with Crippen molar-refractivity contribution in [3.63, 3.8) is 0 Å². The standard InChI is InChI=1S/C13H15F3N2O/c1-8(18-11-6-12(19)17-7-11)9-3-2-4-10(5-9)13(14,15)16/h2-5,8,11,18H,6-7H2,1H3,(H,17,19). The van der Waals surface area contributed by atoms with Crippen LogP contribution in [0.4, 0.5) is 13.2 Å². The van der Waals surface area contributed by atoms with E-state index in [0.29, 0.717) is 18.5 Å². The Bertz CT molecular complexity index is 473. The van der Waals surface area contributed by atoms with Gasteiger partial charge in [0, 0.05) is 25.0 Å². The van der Waals surface area contributed by atoms with Crippen molar-refractivity contribution >= 4 is 5.91 Å². The Morgan fingerprint density at radius 1 is 1.42 bits per heavy atom. The first-order chi connectivity index (χ1) is 8.86. The molecule has 1 aromatic carbocycles. The normalized spacial score (nSPS) is 21.3. The maximum atomic E-state index is 12.6. The number of hydrogen-bond donors (Lipinski definition) is 2. The van der Waals surface area contributed by atoms with Crippen molar-refractivity contribution in [1.29, 1.82) is 0 Å². The van der Waals surface area contributed by atoms with Gasteiger partial charge in [0.15, 0.2) is 0 Å². The predicted octanol–water partition coefficient (Wildman–Crippen LogP) is 2.24. The average Bonchev–Trinajstić information content (AvgIpc) is 2.74. The van der Waals surface area contributed by atoms with Gasteiger partial charge in [-0.2, -0.15) is 13.2 Å². The smallest absolute Gasteiger partial charge is 0.354 e. The first-order valence-corrected chi connectivity index (χ1v) is 6.06. The van der Waals surface area contributed by atoms with E-state index in [2.05, 4.69) is 10.6 Å². The summed E-state index contributed by atoms with van der Waals surface area (Å²) in [5.41, 5.74) is -0.0894. The van der Waals surface area contributed by atoms with Crippen LogP contribution in [0.25, 0.3) is 0 Å². The van der Waals surface area contributed by atoms with Crippen LogP contribution in [0, 0.1) is 0 Å². The number of rotatable bonds is 3. The summed E-state index contributed by atoms with van der Waals surface area (Å²) in [5.74, 6) is -0.0336. The van der Waals surface area contributed by atoms with Crippen molar-refractivity contribution < 1.29 is 18.0 Å². The van der Waals surface area contributed by atoms with Crippen LogP contribution in [-0.2, 0) is 11.0 Å². The molecule has 0 aliphatic carbocycles. The second-order valence-electron chi connectivity index (χ2n) is 4.72. The molecule has 2 N–H and O–H groups in total. The Hall–Kier alpha value is -1.56. The summed E-state index contributed by atoms with van der Waals surface area (Å²) in [5, 5.41) is 5.83. The second-order valence-corrected chi connectivity index (χ2v) is 4.72. The van der Waals surface area contributed by atoms with Crippen LogP contribution in [0.1, 0.15) is 30.5 Å². The summed E-state index contributed by atoms with van der Waals surface area (Å²) in [4.78, 5) is 11.1. The number of carbonyl (C=O) groups excluding carboxylic acids is 1. The third-order valence-corrected chi connectivity index (χ3v) is 3.18. The number of amides is 1. The molecule has 0 saturated carbocycles. The Balaban J connectivity index is 2.06. The zero-order valence-electron chi connectivity index (χ0n) is 10.4. The van der Waals surface area contributed by atoms with Gasteiger partial charge in [0.05, 0.1) is 5.56 Å². The lowest BCUT2D eigenvalue weighted by molar-refractivity contribution is -0.137. The fraction of sp³-hybridized carbons (Fsp3) is 0.462. The van der Waals surface area contributed by atoms with Gasteiger partial charge in [-0.15, -0.1) is 0 Å². The van der Waals surface area contributed by atoms with Gasteiger partial charge in [0.2, 0.25) is 5.91 Å². The molecule has 6 heteroatoms. The van der Waals surface area contributed by atoms with E-state index in [1.54, 1.807) is 13.0 Å². The van der Waals surface area contributed by atoms with Gasteiger partial charge < -0.3 is 10.6 Å². The van der Waals surface area contributed by atoms with Crippen LogP contribution in [0.2, 0.25) is 0 Å². The molecule has 1 amide bonds. The highest BCUT2D eigenvalue weighted by atomic mass is 19.4. The van der Waals surface area contributed by atoms with Crippen molar-refractivity contribution in [2.45, 2.75) is 31.6 Å². The molecule has 1 aromatic rings. The van der Waals surface area contributed by atoms with Crippen molar-refractivity contribution in [2.75, 3.05) is 6.54 Å². The topological polar surface area (TPSA) is 41.1 Å². The van der Waals surface area contributed by atoms with Crippen molar-refractivity contribution in [1.82, 2.24) is 10.6 Å². The number of nitrogens with one attached hydrogen (secondary N) is 2. The number of hydrogen-bond acceptors (Lipinski definition) is 2. The average molecular weight is 272 g/mol. The zero-order chi connectivity index (χ0) is 14.0. The molecule has 2 rings (SSSR count). The van der Waals surface area contributed by atoms with Crippen LogP contribution >= 0.6 is 0 Å². The van der Waals surface area contributed by atoms with E-state index >= 15 is 0 Å². The Morgan fingerprint density at radius 2 is 2.16 bits per heavy atom. The summed E-state index contributed by atoms with van der Waals surface area (Å²) < 4.78 is 37.8. The summed E-state index contributed by atoms with van der Waals surface area (Å²) in [7, 11) is 0. The van der Waals surface area contributed by atoms with Gasteiger partial charge >= 0.3 is 6.18 Å². The van der Waals surface area contributed by atoms with Gasteiger partial charge in [-0.05, 0) is 24.6 Å². The van der Waals surface area contributed by atoms with Gasteiger partial charge in [-0.25, -0.2) is 0 Å². The van der Waals surface area contributed by atoms with E-state index < -0.39 is 11.7 Å². The molecule has 1 saturated heterocycles. The molecule has 0 radical (unpaired) electrons. The minimum absolute atomic E-state index is 0.0305. The van der Waals surface area contributed by atoms with E-state index in [1.165, 1.54) is 6.07 Å². The van der Waals surface area contributed by atoms with Crippen LogP contribution < -0.4 is 10.6 Å². The van der Waals surface area contributed by atoms with Crippen molar-refractivity contribution in [2.24, 2.45) is 0 Å². The zero-order valence-corrected chi connectivity index (χ0v) is 10.4. The lowest BCUT2D eigenvalue weighted by atomic mass is 10.0. The molecular weight excluding hydrogens is 257 g/mol. The molecule has 104 valence electrons. The monoisotopic (exact) mass is 272 g/mol. The van der Waals surface area contributed by atoms with Gasteiger partial charge in [0.25, 0.3) is 0 Å². The van der Waals surface area contributed by atoms with Crippen LogP contribution in [0.15, 0.2) is 24.3 Å². The second kappa shape index (κ2) is 5.21. The number of alkyl halides is 3. The van der Waals surface area contributed by atoms with Gasteiger partial charge in [0.1, 0.15) is 0 Å². The summed E-state index contributed by atoms with van der Waals surface area (Å²) in [6.07, 6.45) is -3.97. The predicted molar refractivity (Wildman–Crippen MR) is 64.4 cm³/mol. The van der Waals surface area contributed by atoms with Crippen LogP contribution in [0.5, 0.6) is 0 Å². The maximum absolute atomic E-state index is 12.6. The quantitative estimate of drug-likeness (QED) is 0.886. The summed E-state index contributed by atoms with van der Waals surface area (Å²) in [6.45, 7) is 2.31. The molecule has 1 aliphatic rings. The number of benzene rings is 1. The molecule has 2 unspecified atom stereocenters. The molecule has 0 spiro atoms. The minimum atomic E-state index is -4.33.